The van der Waals surface area contributed by atoms with Gasteiger partial charge in [0.05, 0.1) is 0 Å². The molecule has 6 nitrogen and oxygen atoms in total. The summed E-state index contributed by atoms with van der Waals surface area (Å²) in [5, 5.41) is 0. The molecule has 6 heteroatoms. The summed E-state index contributed by atoms with van der Waals surface area (Å²) >= 11 is 0. The molecule has 392 valence electrons. The molecule has 0 N–H and O–H groups in total. The summed E-state index contributed by atoms with van der Waals surface area (Å²) < 4.78 is 16.8. The van der Waals surface area contributed by atoms with E-state index in [9.17, 15) is 14.4 Å². The fourth-order valence-electron chi connectivity index (χ4n) is 7.47. The summed E-state index contributed by atoms with van der Waals surface area (Å²) in [6.07, 6.45) is 76.6. The molecular formula is C63H104O6. The lowest BCUT2D eigenvalue weighted by atomic mass is 10.1. The Balaban J connectivity index is 4.42. The Morgan fingerprint density at radius 2 is 0.594 bits per heavy atom. The van der Waals surface area contributed by atoms with E-state index in [1.807, 2.05) is 0 Å². The van der Waals surface area contributed by atoms with Gasteiger partial charge < -0.3 is 14.2 Å². The van der Waals surface area contributed by atoms with E-state index in [1.165, 1.54) is 96.3 Å². The number of unbranched alkanes of at least 4 members (excludes halogenated alkanes) is 21. The molecule has 1 unspecified atom stereocenters. The number of esters is 3. The molecule has 0 fully saturated rings. The average molecular weight is 958 g/mol. The van der Waals surface area contributed by atoms with Crippen molar-refractivity contribution in [3.05, 3.63) is 109 Å². The third-order valence-corrected chi connectivity index (χ3v) is 11.7. The fraction of sp³-hybridized carbons (Fsp3) is 0.667. The summed E-state index contributed by atoms with van der Waals surface area (Å²) in [4.78, 5) is 38.1. The zero-order valence-electron chi connectivity index (χ0n) is 44.8. The number of carbonyl (C=O) groups excluding carboxylic acids is 3. The van der Waals surface area contributed by atoms with E-state index in [2.05, 4.69) is 130 Å². The first kappa shape index (κ1) is 65.1. The Kier molecular flexibility index (Phi) is 53.4. The summed E-state index contributed by atoms with van der Waals surface area (Å²) in [6, 6.07) is 0. The third kappa shape index (κ3) is 54.9. The summed E-state index contributed by atoms with van der Waals surface area (Å²) in [5.41, 5.74) is 0. The molecule has 0 aliphatic heterocycles. The second kappa shape index (κ2) is 56.7. The molecule has 0 rings (SSSR count). The van der Waals surface area contributed by atoms with Crippen molar-refractivity contribution in [3.63, 3.8) is 0 Å². The molecule has 0 bridgehead atoms. The van der Waals surface area contributed by atoms with E-state index in [4.69, 9.17) is 14.2 Å². The van der Waals surface area contributed by atoms with E-state index in [-0.39, 0.29) is 37.5 Å². The van der Waals surface area contributed by atoms with Crippen LogP contribution in [0.15, 0.2) is 109 Å². The predicted molar refractivity (Wildman–Crippen MR) is 297 cm³/mol. The van der Waals surface area contributed by atoms with E-state index < -0.39 is 6.10 Å². The summed E-state index contributed by atoms with van der Waals surface area (Å²) in [5.74, 6) is -0.986. The van der Waals surface area contributed by atoms with Crippen LogP contribution in [-0.2, 0) is 28.6 Å². The highest BCUT2D eigenvalue weighted by Gasteiger charge is 2.19. The third-order valence-electron chi connectivity index (χ3n) is 11.7. The van der Waals surface area contributed by atoms with Crippen molar-refractivity contribution in [2.45, 2.75) is 258 Å². The molecule has 0 aromatic rings. The van der Waals surface area contributed by atoms with Gasteiger partial charge in [0.1, 0.15) is 13.2 Å². The molecule has 0 aliphatic rings. The minimum absolute atomic E-state index is 0.109. The molecular weight excluding hydrogens is 853 g/mol. The molecule has 0 saturated carbocycles. The maximum atomic E-state index is 12.8. The summed E-state index contributed by atoms with van der Waals surface area (Å²) in [6.45, 7) is 6.41. The van der Waals surface area contributed by atoms with Crippen LogP contribution in [0.3, 0.4) is 0 Å². The van der Waals surface area contributed by atoms with Crippen LogP contribution in [0.1, 0.15) is 252 Å². The van der Waals surface area contributed by atoms with Crippen LogP contribution < -0.4 is 0 Å². The van der Waals surface area contributed by atoms with Crippen molar-refractivity contribution in [2.75, 3.05) is 13.2 Å². The highest BCUT2D eigenvalue weighted by molar-refractivity contribution is 5.71. The molecule has 0 saturated heterocycles. The Morgan fingerprint density at radius 3 is 0.986 bits per heavy atom. The summed E-state index contributed by atoms with van der Waals surface area (Å²) in [7, 11) is 0. The topological polar surface area (TPSA) is 78.9 Å². The van der Waals surface area contributed by atoms with Gasteiger partial charge in [0.15, 0.2) is 6.10 Å². The lowest BCUT2D eigenvalue weighted by molar-refractivity contribution is -0.167. The van der Waals surface area contributed by atoms with Crippen LogP contribution in [0, 0.1) is 0 Å². The lowest BCUT2D eigenvalue weighted by Gasteiger charge is -2.18. The van der Waals surface area contributed by atoms with E-state index in [0.29, 0.717) is 19.3 Å². The minimum Gasteiger partial charge on any atom is -0.462 e. The first-order valence-corrected chi connectivity index (χ1v) is 28.4. The maximum absolute atomic E-state index is 12.8. The second-order valence-electron chi connectivity index (χ2n) is 18.5. The second-order valence-corrected chi connectivity index (χ2v) is 18.5. The first-order chi connectivity index (χ1) is 34.0. The van der Waals surface area contributed by atoms with Gasteiger partial charge >= 0.3 is 17.9 Å². The molecule has 69 heavy (non-hydrogen) atoms. The van der Waals surface area contributed by atoms with Crippen LogP contribution in [0.25, 0.3) is 0 Å². The lowest BCUT2D eigenvalue weighted by Crippen LogP contribution is -2.30. The van der Waals surface area contributed by atoms with Gasteiger partial charge in [-0.05, 0) is 116 Å². The van der Waals surface area contributed by atoms with Crippen LogP contribution >= 0.6 is 0 Å². The zero-order chi connectivity index (χ0) is 50.0. The van der Waals surface area contributed by atoms with Gasteiger partial charge in [-0.15, -0.1) is 0 Å². The Morgan fingerprint density at radius 1 is 0.304 bits per heavy atom. The van der Waals surface area contributed by atoms with Crippen LogP contribution in [-0.4, -0.2) is 37.2 Å². The monoisotopic (exact) mass is 957 g/mol. The van der Waals surface area contributed by atoms with Gasteiger partial charge in [-0.2, -0.15) is 0 Å². The SMILES string of the molecule is CC/C=C\C/C=C\C/C=C\C/C=C\C/C=C\CCCC(=O)OC(COC(=O)CCCCCCC/C=C\CCCC)COC(=O)CCCCCCCCCC/C=C\C/C=C\C/C=C\CCCCCCC. The van der Waals surface area contributed by atoms with E-state index in [0.717, 1.165) is 109 Å². The van der Waals surface area contributed by atoms with Crippen molar-refractivity contribution < 1.29 is 28.6 Å². The van der Waals surface area contributed by atoms with Gasteiger partial charge in [-0.3, -0.25) is 14.4 Å². The maximum Gasteiger partial charge on any atom is 0.306 e. The van der Waals surface area contributed by atoms with Crippen LogP contribution in [0.4, 0.5) is 0 Å². The smallest absolute Gasteiger partial charge is 0.306 e. The Hall–Kier alpha value is -3.93. The van der Waals surface area contributed by atoms with Gasteiger partial charge in [-0.25, -0.2) is 0 Å². The van der Waals surface area contributed by atoms with Crippen molar-refractivity contribution in [1.82, 2.24) is 0 Å². The van der Waals surface area contributed by atoms with Crippen molar-refractivity contribution in [2.24, 2.45) is 0 Å². The van der Waals surface area contributed by atoms with Crippen LogP contribution in [0.2, 0.25) is 0 Å². The molecule has 1 atom stereocenters. The number of hydrogen-bond acceptors (Lipinski definition) is 6. The Bertz CT molecular complexity index is 1420. The van der Waals surface area contributed by atoms with E-state index >= 15 is 0 Å². The standard InChI is InChI=1S/C63H104O6/c1-4-7-10-13-16-19-22-24-26-28-29-30-31-32-33-35-36-38-41-44-47-50-53-56-62(65)68-59-60(58-67-61(64)55-52-49-46-43-40-21-18-15-12-9-6-3)69-63(66)57-54-51-48-45-42-39-37-34-27-25-23-20-17-14-11-8-5-2/h8,11,15,17-18,20,22,24-25,27-29,31-32,37,39,45,48,60H,4-7,9-10,12-14,16,19,21,23,26,30,33-36,38,40-44,46-47,49-59H2,1-3H3/b11-8-,18-15-,20-17-,24-22-,27-25-,29-28-,32-31-,39-37-,48-45-. The van der Waals surface area contributed by atoms with Gasteiger partial charge in [0.2, 0.25) is 0 Å². The Labute approximate surface area is 425 Å². The molecule has 0 aromatic heterocycles. The molecule has 0 radical (unpaired) electrons. The molecule has 0 aliphatic carbocycles. The van der Waals surface area contributed by atoms with Crippen LogP contribution in [0.5, 0.6) is 0 Å². The highest BCUT2D eigenvalue weighted by Crippen LogP contribution is 2.14. The number of carbonyl (C=O) groups is 3. The molecule has 0 aromatic carbocycles. The van der Waals surface area contributed by atoms with Crippen molar-refractivity contribution in [3.8, 4) is 0 Å². The fourth-order valence-corrected chi connectivity index (χ4v) is 7.47. The minimum atomic E-state index is -0.816. The number of rotatable bonds is 50. The molecule has 0 spiro atoms. The van der Waals surface area contributed by atoms with Crippen molar-refractivity contribution >= 4 is 17.9 Å². The quantitative estimate of drug-likeness (QED) is 0.0262. The number of allylic oxidation sites excluding steroid dienone is 18. The largest absolute Gasteiger partial charge is 0.462 e. The molecule has 0 heterocycles. The number of ether oxygens (including phenoxy) is 3. The van der Waals surface area contributed by atoms with Gasteiger partial charge in [0, 0.05) is 19.3 Å². The highest BCUT2D eigenvalue weighted by atomic mass is 16.6. The van der Waals surface area contributed by atoms with Gasteiger partial charge in [-0.1, -0.05) is 226 Å². The predicted octanol–water partition coefficient (Wildman–Crippen LogP) is 19.1. The number of hydrogen-bond donors (Lipinski definition) is 0. The van der Waals surface area contributed by atoms with E-state index in [1.54, 1.807) is 0 Å². The zero-order valence-corrected chi connectivity index (χ0v) is 44.8. The first-order valence-electron chi connectivity index (χ1n) is 28.4. The normalized spacial score (nSPS) is 12.9. The van der Waals surface area contributed by atoms with Crippen molar-refractivity contribution in [1.29, 1.82) is 0 Å². The molecule has 0 amide bonds. The average Bonchev–Trinajstić information content (AvgIpc) is 3.35. The van der Waals surface area contributed by atoms with Gasteiger partial charge in [0.25, 0.3) is 0 Å².